The molecule has 3 aromatic rings. The zero-order valence-corrected chi connectivity index (χ0v) is 11.1. The van der Waals surface area contributed by atoms with Crippen LogP contribution in [0.3, 0.4) is 0 Å². The van der Waals surface area contributed by atoms with Gasteiger partial charge in [-0.3, -0.25) is 9.78 Å². The fourth-order valence-electron chi connectivity index (χ4n) is 2.07. The molecule has 0 aromatic carbocycles. The first-order chi connectivity index (χ1) is 9.66. The zero-order chi connectivity index (χ0) is 14.1. The molecule has 0 unspecified atom stereocenters. The number of carbonyl (C=O) groups excluding carboxylic acids is 1. The van der Waals surface area contributed by atoms with Gasteiger partial charge in [-0.25, -0.2) is 9.97 Å². The quantitative estimate of drug-likeness (QED) is 0.745. The maximum atomic E-state index is 12.2. The fraction of sp³-hybridized carbons (Fsp3) is 0.143. The normalized spacial score (nSPS) is 10.7. The van der Waals surface area contributed by atoms with Gasteiger partial charge in [0.2, 0.25) is 0 Å². The number of carbonyl (C=O) groups is 1. The Bertz CT molecular complexity index is 779. The Morgan fingerprint density at radius 3 is 2.90 bits per heavy atom. The van der Waals surface area contributed by atoms with Crippen LogP contribution < -0.4 is 5.32 Å². The molecule has 6 heteroatoms. The monoisotopic (exact) mass is 267 g/mol. The van der Waals surface area contributed by atoms with E-state index in [1.165, 1.54) is 12.5 Å². The highest BCUT2D eigenvalue weighted by molar-refractivity contribution is 6.07. The van der Waals surface area contributed by atoms with Crippen molar-refractivity contribution in [1.29, 1.82) is 0 Å². The van der Waals surface area contributed by atoms with Gasteiger partial charge in [-0.1, -0.05) is 0 Å². The summed E-state index contributed by atoms with van der Waals surface area (Å²) < 4.78 is 0. The third-order valence-corrected chi connectivity index (χ3v) is 3.25. The zero-order valence-electron chi connectivity index (χ0n) is 11.1. The summed E-state index contributed by atoms with van der Waals surface area (Å²) in [6, 6.07) is 3.42. The second-order valence-electron chi connectivity index (χ2n) is 4.52. The van der Waals surface area contributed by atoms with E-state index in [0.29, 0.717) is 11.4 Å². The maximum absolute atomic E-state index is 12.2. The lowest BCUT2D eigenvalue weighted by Gasteiger charge is -2.05. The van der Waals surface area contributed by atoms with Crippen LogP contribution in [0.2, 0.25) is 0 Å². The van der Waals surface area contributed by atoms with Crippen molar-refractivity contribution in [2.75, 3.05) is 5.32 Å². The molecule has 0 spiro atoms. The van der Waals surface area contributed by atoms with Gasteiger partial charge in [0.25, 0.3) is 5.91 Å². The van der Waals surface area contributed by atoms with E-state index in [-0.39, 0.29) is 5.91 Å². The van der Waals surface area contributed by atoms with Gasteiger partial charge >= 0.3 is 0 Å². The number of fused-ring (bicyclic) bond motifs is 1. The predicted octanol–water partition coefficient (Wildman–Crippen LogP) is 2.22. The lowest BCUT2D eigenvalue weighted by molar-refractivity contribution is 0.102. The maximum Gasteiger partial charge on any atom is 0.258 e. The number of hydrogen-bond acceptors (Lipinski definition) is 4. The average molecular weight is 267 g/mol. The number of aromatic amines is 1. The van der Waals surface area contributed by atoms with Gasteiger partial charge in [0.15, 0.2) is 0 Å². The molecule has 0 aliphatic carbocycles. The summed E-state index contributed by atoms with van der Waals surface area (Å²) in [5, 5.41) is 3.64. The van der Waals surface area contributed by atoms with Crippen molar-refractivity contribution >= 4 is 22.8 Å². The van der Waals surface area contributed by atoms with Gasteiger partial charge in [0.1, 0.15) is 17.8 Å². The van der Waals surface area contributed by atoms with Gasteiger partial charge in [-0.05, 0) is 31.5 Å². The topological polar surface area (TPSA) is 83.6 Å². The van der Waals surface area contributed by atoms with Crippen LogP contribution in [0.4, 0.5) is 5.82 Å². The standard InChI is InChI=1S/C14H13N5O/c1-8-9(2)18-12-11(8)13(17-7-16-12)19-14(20)10-4-3-5-15-6-10/h3-7H,1-2H3,(H2,16,17,18,19,20). The molecular weight excluding hydrogens is 254 g/mol. The van der Waals surface area contributed by atoms with Gasteiger partial charge < -0.3 is 10.3 Å². The summed E-state index contributed by atoms with van der Waals surface area (Å²) in [6.45, 7) is 3.93. The Balaban J connectivity index is 2.01. The van der Waals surface area contributed by atoms with Crippen LogP contribution in [-0.4, -0.2) is 25.8 Å². The molecule has 0 bridgehead atoms. The van der Waals surface area contributed by atoms with E-state index in [0.717, 1.165) is 22.3 Å². The molecule has 0 saturated carbocycles. The number of rotatable bonds is 2. The second kappa shape index (κ2) is 4.73. The van der Waals surface area contributed by atoms with E-state index in [1.54, 1.807) is 18.3 Å². The fourth-order valence-corrected chi connectivity index (χ4v) is 2.07. The minimum absolute atomic E-state index is 0.239. The van der Waals surface area contributed by atoms with Crippen molar-refractivity contribution < 1.29 is 4.79 Å². The number of H-pyrrole nitrogens is 1. The molecule has 0 saturated heterocycles. The number of pyridine rings is 1. The Hall–Kier alpha value is -2.76. The number of nitrogens with one attached hydrogen (secondary N) is 2. The van der Waals surface area contributed by atoms with Crippen molar-refractivity contribution in [2.24, 2.45) is 0 Å². The molecule has 0 radical (unpaired) electrons. The number of aromatic nitrogens is 4. The molecule has 20 heavy (non-hydrogen) atoms. The molecule has 0 fully saturated rings. The molecular formula is C14H13N5O. The number of anilines is 1. The van der Waals surface area contributed by atoms with Crippen molar-refractivity contribution in [3.05, 3.63) is 47.7 Å². The number of hydrogen-bond donors (Lipinski definition) is 2. The van der Waals surface area contributed by atoms with Crippen molar-refractivity contribution in [2.45, 2.75) is 13.8 Å². The van der Waals surface area contributed by atoms with Crippen molar-refractivity contribution in [3.63, 3.8) is 0 Å². The van der Waals surface area contributed by atoms with Gasteiger partial charge in [0.05, 0.1) is 10.9 Å². The highest BCUT2D eigenvalue weighted by Crippen LogP contribution is 2.25. The average Bonchev–Trinajstić information content (AvgIpc) is 2.76. The molecule has 1 amide bonds. The van der Waals surface area contributed by atoms with Crippen LogP contribution in [0.25, 0.3) is 11.0 Å². The van der Waals surface area contributed by atoms with E-state index in [2.05, 4.69) is 25.3 Å². The number of nitrogens with zero attached hydrogens (tertiary/aromatic N) is 3. The molecule has 3 aromatic heterocycles. The van der Waals surface area contributed by atoms with Gasteiger partial charge in [-0.15, -0.1) is 0 Å². The Kier molecular flexibility index (Phi) is 2.90. The van der Waals surface area contributed by atoms with Gasteiger partial charge in [0, 0.05) is 18.1 Å². The van der Waals surface area contributed by atoms with Gasteiger partial charge in [-0.2, -0.15) is 0 Å². The highest BCUT2D eigenvalue weighted by atomic mass is 16.1. The highest BCUT2D eigenvalue weighted by Gasteiger charge is 2.14. The summed E-state index contributed by atoms with van der Waals surface area (Å²) in [6.07, 6.45) is 4.57. The van der Waals surface area contributed by atoms with Crippen LogP contribution in [0, 0.1) is 13.8 Å². The first kappa shape index (κ1) is 12.3. The smallest absolute Gasteiger partial charge is 0.258 e. The van der Waals surface area contributed by atoms with Crippen molar-refractivity contribution in [1.82, 2.24) is 19.9 Å². The second-order valence-corrected chi connectivity index (χ2v) is 4.52. The van der Waals surface area contributed by atoms with Crippen LogP contribution >= 0.6 is 0 Å². The van der Waals surface area contributed by atoms with E-state index in [4.69, 9.17) is 0 Å². The Labute approximate surface area is 115 Å². The number of aryl methyl sites for hydroxylation is 2. The molecule has 3 rings (SSSR count). The first-order valence-electron chi connectivity index (χ1n) is 6.18. The van der Waals surface area contributed by atoms with Crippen molar-refractivity contribution in [3.8, 4) is 0 Å². The summed E-state index contributed by atoms with van der Waals surface area (Å²) >= 11 is 0. The SMILES string of the molecule is Cc1[nH]c2ncnc(NC(=O)c3cccnc3)c2c1C. The van der Waals surface area contributed by atoms with Crippen LogP contribution in [0.1, 0.15) is 21.6 Å². The molecule has 0 aliphatic rings. The lowest BCUT2D eigenvalue weighted by Crippen LogP contribution is -2.13. The molecule has 6 nitrogen and oxygen atoms in total. The molecule has 100 valence electrons. The molecule has 0 aliphatic heterocycles. The summed E-state index contributed by atoms with van der Waals surface area (Å²) in [7, 11) is 0. The van der Waals surface area contributed by atoms with Crippen LogP contribution in [0.15, 0.2) is 30.9 Å². The van der Waals surface area contributed by atoms with E-state index >= 15 is 0 Å². The summed E-state index contributed by atoms with van der Waals surface area (Å²) in [5.74, 6) is 0.266. The third kappa shape index (κ3) is 2.01. The number of amides is 1. The summed E-state index contributed by atoms with van der Waals surface area (Å²) in [5.41, 5.74) is 3.25. The minimum Gasteiger partial charge on any atom is -0.343 e. The van der Waals surface area contributed by atoms with Crippen LogP contribution in [0.5, 0.6) is 0 Å². The van der Waals surface area contributed by atoms with E-state index in [1.807, 2.05) is 13.8 Å². The largest absolute Gasteiger partial charge is 0.343 e. The van der Waals surface area contributed by atoms with Crippen LogP contribution in [-0.2, 0) is 0 Å². The molecule has 2 N–H and O–H groups in total. The van der Waals surface area contributed by atoms with E-state index in [9.17, 15) is 4.79 Å². The third-order valence-electron chi connectivity index (χ3n) is 3.25. The Morgan fingerprint density at radius 2 is 2.15 bits per heavy atom. The first-order valence-corrected chi connectivity index (χ1v) is 6.18. The lowest BCUT2D eigenvalue weighted by atomic mass is 10.2. The summed E-state index contributed by atoms with van der Waals surface area (Å²) in [4.78, 5) is 27.6. The molecule has 0 atom stereocenters. The van der Waals surface area contributed by atoms with E-state index < -0.39 is 0 Å². The Morgan fingerprint density at radius 1 is 1.30 bits per heavy atom. The predicted molar refractivity (Wildman–Crippen MR) is 75.6 cm³/mol. The molecule has 3 heterocycles. The minimum atomic E-state index is -0.239.